The number of carbonyl (C=O) groups is 2. The lowest BCUT2D eigenvalue weighted by Crippen LogP contribution is -2.49. The van der Waals surface area contributed by atoms with Crippen LogP contribution in [0.1, 0.15) is 6.42 Å². The normalized spacial score (nSPS) is 39.4. The highest BCUT2D eigenvalue weighted by Gasteiger charge is 2.56. The van der Waals surface area contributed by atoms with Gasteiger partial charge in [0.05, 0.1) is 12.5 Å². The molecule has 0 aromatic rings. The van der Waals surface area contributed by atoms with Gasteiger partial charge in [-0.15, -0.1) is 0 Å². The molecular weight excluding hydrogens is 308 g/mol. The summed E-state index contributed by atoms with van der Waals surface area (Å²) in [6.45, 7) is 0. The summed E-state index contributed by atoms with van der Waals surface area (Å²) in [6, 6.07) is -0.889. The molecule has 1 amide bonds. The van der Waals surface area contributed by atoms with Gasteiger partial charge in [-0.3, -0.25) is 9.59 Å². The molecule has 0 aromatic carbocycles. The van der Waals surface area contributed by atoms with E-state index in [1.807, 2.05) is 0 Å². The summed E-state index contributed by atoms with van der Waals surface area (Å²) in [5.41, 5.74) is 0. The molecule has 2 unspecified atom stereocenters. The highest BCUT2D eigenvalue weighted by molar-refractivity contribution is 6.76. The van der Waals surface area contributed by atoms with Gasteiger partial charge in [0.15, 0.2) is 0 Å². The highest BCUT2D eigenvalue weighted by Crippen LogP contribution is 2.38. The van der Waals surface area contributed by atoms with E-state index in [0.717, 1.165) is 0 Å². The van der Waals surface area contributed by atoms with Crippen LogP contribution in [0.5, 0.6) is 0 Å². The Hall–Kier alpha value is -0.270. The zero-order valence-electron chi connectivity index (χ0n) is 8.85. The van der Waals surface area contributed by atoms with E-state index in [2.05, 4.69) is 5.32 Å². The van der Waals surface area contributed by atoms with Gasteiger partial charge in [0.1, 0.15) is 18.3 Å². The summed E-state index contributed by atoms with van der Waals surface area (Å²) >= 11 is 16.2. The maximum atomic E-state index is 11.5. The third-order valence-electron chi connectivity index (χ3n) is 3.16. The molecule has 0 bridgehead atoms. The molecule has 1 saturated carbocycles. The van der Waals surface area contributed by atoms with Crippen LogP contribution >= 0.6 is 34.8 Å². The molecule has 9 heteroatoms. The summed E-state index contributed by atoms with van der Waals surface area (Å²) in [4.78, 5) is 22.6. The molecule has 1 heterocycles. The van der Waals surface area contributed by atoms with Crippen molar-refractivity contribution in [2.75, 3.05) is 0 Å². The fourth-order valence-electron chi connectivity index (χ4n) is 2.34. The van der Waals surface area contributed by atoms with Gasteiger partial charge in [-0.2, -0.15) is 0 Å². The number of fused-ring (bicyclic) bond motifs is 1. The Morgan fingerprint density at radius 2 is 1.94 bits per heavy atom. The summed E-state index contributed by atoms with van der Waals surface area (Å²) in [5, 5.41) is 21.8. The van der Waals surface area contributed by atoms with Crippen molar-refractivity contribution < 1.29 is 24.5 Å². The number of rotatable bonds is 1. The molecule has 2 rings (SSSR count). The first kappa shape index (κ1) is 14.1. The Labute approximate surface area is 117 Å². The molecule has 18 heavy (non-hydrogen) atoms. The molecule has 102 valence electrons. The van der Waals surface area contributed by atoms with Crippen molar-refractivity contribution in [2.45, 2.75) is 34.6 Å². The molecule has 0 aromatic heterocycles. The quantitative estimate of drug-likeness (QED) is 0.448. The van der Waals surface area contributed by atoms with E-state index in [9.17, 15) is 19.8 Å². The van der Waals surface area contributed by atoms with Crippen LogP contribution in [0.15, 0.2) is 0 Å². The Bertz CT molecular complexity index is 385. The third kappa shape index (κ3) is 2.40. The van der Waals surface area contributed by atoms with E-state index in [4.69, 9.17) is 39.5 Å². The highest BCUT2D eigenvalue weighted by atomic mass is 35.6. The molecule has 1 aliphatic heterocycles. The Balaban J connectivity index is 2.13. The number of esters is 1. The molecule has 3 N–H and O–H groups in total. The van der Waals surface area contributed by atoms with E-state index in [1.54, 1.807) is 0 Å². The van der Waals surface area contributed by atoms with Gasteiger partial charge in [-0.25, -0.2) is 0 Å². The van der Waals surface area contributed by atoms with E-state index in [1.165, 1.54) is 0 Å². The number of nitrogens with one attached hydrogen (secondary N) is 1. The largest absolute Gasteiger partial charge is 0.459 e. The molecule has 6 nitrogen and oxygen atoms in total. The number of hydrogen-bond donors (Lipinski definition) is 3. The van der Waals surface area contributed by atoms with Crippen LogP contribution in [-0.2, 0) is 14.3 Å². The summed E-state index contributed by atoms with van der Waals surface area (Å²) in [6.07, 6.45) is -3.39. The molecule has 0 spiro atoms. The molecule has 2 aliphatic rings. The molecule has 2 fully saturated rings. The van der Waals surface area contributed by atoms with E-state index in [0.29, 0.717) is 0 Å². The van der Waals surface area contributed by atoms with Gasteiger partial charge in [0.2, 0.25) is 0 Å². The number of hydrogen-bond acceptors (Lipinski definition) is 5. The number of halogens is 3. The van der Waals surface area contributed by atoms with Crippen molar-refractivity contribution in [3.8, 4) is 0 Å². The second kappa shape index (κ2) is 4.68. The zero-order valence-corrected chi connectivity index (χ0v) is 11.1. The second-order valence-electron chi connectivity index (χ2n) is 4.30. The van der Waals surface area contributed by atoms with Gasteiger partial charge >= 0.3 is 5.97 Å². The van der Waals surface area contributed by atoms with Crippen molar-refractivity contribution in [1.29, 1.82) is 0 Å². The van der Waals surface area contributed by atoms with Crippen LogP contribution in [0.25, 0.3) is 0 Å². The molecular formula is C9H10Cl3NO5. The Morgan fingerprint density at radius 3 is 2.50 bits per heavy atom. The van der Waals surface area contributed by atoms with Crippen molar-refractivity contribution >= 4 is 46.7 Å². The Morgan fingerprint density at radius 1 is 1.33 bits per heavy atom. The fraction of sp³-hybridized carbons (Fsp3) is 0.778. The first-order valence-corrected chi connectivity index (χ1v) is 6.28. The van der Waals surface area contributed by atoms with Crippen molar-refractivity contribution in [3.63, 3.8) is 0 Å². The zero-order chi connectivity index (χ0) is 13.7. The smallest absolute Gasteiger partial charge is 0.306 e. The van der Waals surface area contributed by atoms with Crippen LogP contribution in [0, 0.1) is 5.92 Å². The van der Waals surface area contributed by atoms with Gasteiger partial charge in [-0.05, 0) is 0 Å². The number of alkyl halides is 3. The third-order valence-corrected chi connectivity index (χ3v) is 3.68. The number of carbonyl (C=O) groups excluding carboxylic acids is 2. The average Bonchev–Trinajstić information content (AvgIpc) is 2.71. The minimum atomic E-state index is -2.17. The molecule has 1 saturated heterocycles. The maximum Gasteiger partial charge on any atom is 0.306 e. The van der Waals surface area contributed by atoms with Gasteiger partial charge in [0, 0.05) is 5.92 Å². The minimum Gasteiger partial charge on any atom is -0.459 e. The molecule has 1 aliphatic carbocycles. The average molecular weight is 319 g/mol. The van der Waals surface area contributed by atoms with Crippen LogP contribution < -0.4 is 5.32 Å². The number of aliphatic hydroxyl groups is 2. The topological polar surface area (TPSA) is 95.9 Å². The first-order chi connectivity index (χ1) is 8.21. The molecule has 5 atom stereocenters. The van der Waals surface area contributed by atoms with Gasteiger partial charge in [-0.1, -0.05) is 34.8 Å². The van der Waals surface area contributed by atoms with Crippen LogP contribution in [-0.4, -0.2) is 50.2 Å². The fourth-order valence-corrected chi connectivity index (χ4v) is 2.50. The van der Waals surface area contributed by atoms with Gasteiger partial charge < -0.3 is 20.3 Å². The standard InChI is InChI=1S/C9H10Cl3NO5/c10-9(11,12)8(17)13-4-2-1-3(14)18-7(2)6(16)5(4)15/h2,4-7,15-16H,1H2,(H,13,17)/t2-,4-,5?,6?,7-/m1/s1. The Kier molecular flexibility index (Phi) is 3.68. The SMILES string of the molecule is O=C1C[C@@H]2[C@@H](NC(=O)C(Cl)(Cl)Cl)C(O)C(O)[C@@H]2O1. The van der Waals surface area contributed by atoms with Crippen molar-refractivity contribution in [1.82, 2.24) is 5.32 Å². The second-order valence-corrected chi connectivity index (χ2v) is 6.58. The maximum absolute atomic E-state index is 11.5. The van der Waals surface area contributed by atoms with Crippen LogP contribution in [0.3, 0.4) is 0 Å². The summed E-state index contributed by atoms with van der Waals surface area (Å²) in [5.74, 6) is -1.95. The van der Waals surface area contributed by atoms with Crippen LogP contribution in [0.2, 0.25) is 0 Å². The van der Waals surface area contributed by atoms with E-state index < -0.39 is 45.9 Å². The summed E-state index contributed by atoms with van der Waals surface area (Å²) < 4.78 is 2.69. The van der Waals surface area contributed by atoms with Gasteiger partial charge in [0.25, 0.3) is 9.70 Å². The first-order valence-electron chi connectivity index (χ1n) is 5.15. The van der Waals surface area contributed by atoms with Crippen molar-refractivity contribution in [2.24, 2.45) is 5.92 Å². The van der Waals surface area contributed by atoms with E-state index >= 15 is 0 Å². The summed E-state index contributed by atoms with van der Waals surface area (Å²) in [7, 11) is 0. The molecule has 0 radical (unpaired) electrons. The number of amides is 1. The van der Waals surface area contributed by atoms with E-state index in [-0.39, 0.29) is 6.42 Å². The van der Waals surface area contributed by atoms with Crippen LogP contribution in [0.4, 0.5) is 0 Å². The lowest BCUT2D eigenvalue weighted by atomic mass is 9.99. The lowest BCUT2D eigenvalue weighted by molar-refractivity contribution is -0.147. The monoisotopic (exact) mass is 317 g/mol. The number of aliphatic hydroxyl groups excluding tert-OH is 2. The predicted octanol–water partition coefficient (Wildman–Crippen LogP) is -0.492. The predicted molar refractivity (Wildman–Crippen MR) is 62.2 cm³/mol. The number of ether oxygens (including phenoxy) is 1. The van der Waals surface area contributed by atoms with Crippen molar-refractivity contribution in [3.05, 3.63) is 0 Å². The minimum absolute atomic E-state index is 0.0103. The lowest BCUT2D eigenvalue weighted by Gasteiger charge is -2.23.